The molecule has 0 aliphatic rings. The van der Waals surface area contributed by atoms with Crippen LogP contribution in [0.25, 0.3) is 0 Å². The van der Waals surface area contributed by atoms with Gasteiger partial charge in [0.25, 0.3) is 0 Å². The van der Waals surface area contributed by atoms with E-state index in [1.807, 2.05) is 13.8 Å². The molecule has 0 saturated carbocycles. The van der Waals surface area contributed by atoms with Crippen molar-refractivity contribution in [2.75, 3.05) is 19.6 Å². The molecule has 0 aromatic rings. The second kappa shape index (κ2) is 26.1. The number of carboxylic acids is 3. The molecule has 116 valence electrons. The summed E-state index contributed by atoms with van der Waals surface area (Å²) in [6.45, 7) is 3.19. The zero-order valence-electron chi connectivity index (χ0n) is 10.8. The molecule has 0 atom stereocenters. The predicted octanol–water partition coefficient (Wildman–Crippen LogP) is 0.431. The Balaban J connectivity index is -0.0000000902. The lowest BCUT2D eigenvalue weighted by atomic mass is 10.7. The number of carboxylic acid groups (broad SMARTS) is 3. The average molecular weight is 345 g/mol. The Bertz CT molecular complexity index is 266. The Morgan fingerprint density at radius 2 is 0.850 bits per heavy atom. The van der Waals surface area contributed by atoms with Crippen LogP contribution < -0.4 is 0 Å². The summed E-state index contributed by atoms with van der Waals surface area (Å²) >= 11 is 11.9. The molecule has 20 heavy (non-hydrogen) atoms. The van der Waals surface area contributed by atoms with Gasteiger partial charge in [-0.2, -0.15) is 0 Å². The minimum Gasteiger partial charge on any atom is -0.480 e. The van der Waals surface area contributed by atoms with Crippen LogP contribution in [0.15, 0.2) is 13.1 Å². The first kappa shape index (κ1) is 26.9. The minimum atomic E-state index is -0.981. The Hall–Kier alpha value is -1.53. The van der Waals surface area contributed by atoms with Gasteiger partial charge in [0.15, 0.2) is 0 Å². The first-order chi connectivity index (χ1) is 9.31. The molecule has 0 aromatic heterocycles. The average Bonchev–Trinajstić information content (AvgIpc) is 2.32. The van der Waals surface area contributed by atoms with Crippen LogP contribution in [0.1, 0.15) is 13.8 Å². The predicted molar refractivity (Wildman–Crippen MR) is 78.2 cm³/mol. The summed E-state index contributed by atoms with van der Waals surface area (Å²) in [4.78, 5) is 28.3. The second-order valence-electron chi connectivity index (χ2n) is 2.04. The van der Waals surface area contributed by atoms with Crippen molar-refractivity contribution in [1.29, 1.82) is 0 Å². The van der Waals surface area contributed by atoms with Crippen LogP contribution in [0.3, 0.4) is 0 Å². The first-order valence-electron chi connectivity index (χ1n) is 4.84. The highest BCUT2D eigenvalue weighted by Crippen LogP contribution is 1.63. The van der Waals surface area contributed by atoms with Gasteiger partial charge in [0.2, 0.25) is 0 Å². The lowest BCUT2D eigenvalue weighted by Gasteiger charge is -1.73. The van der Waals surface area contributed by atoms with Crippen LogP contribution in [0.5, 0.6) is 0 Å². The Morgan fingerprint density at radius 1 is 0.700 bits per heavy atom. The van der Waals surface area contributed by atoms with E-state index < -0.39 is 17.9 Å². The standard InChI is InChI=1S/3C2H3NO2S.C2H6/c3*4-2(5)1-3-6;1-2/h3*1H2,(H,4,5);1-2H3. The van der Waals surface area contributed by atoms with Crippen LogP contribution in [-0.4, -0.2) is 52.9 Å². The molecule has 0 rings (SSSR count). The van der Waals surface area contributed by atoms with Crippen LogP contribution in [0.4, 0.5) is 0 Å². The number of hydrogen-bond donors (Lipinski definition) is 3. The second-order valence-corrected chi connectivity index (χ2v) is 2.82. The van der Waals surface area contributed by atoms with Crippen molar-refractivity contribution in [3.63, 3.8) is 0 Å². The van der Waals surface area contributed by atoms with E-state index in [4.69, 9.17) is 15.3 Å². The van der Waals surface area contributed by atoms with Gasteiger partial charge in [0.1, 0.15) is 19.6 Å². The molecule has 0 fully saturated rings. The molecule has 9 nitrogen and oxygen atoms in total. The fourth-order valence-corrected chi connectivity index (χ4v) is 0.497. The molecule has 0 aliphatic carbocycles. The third-order valence-corrected chi connectivity index (χ3v) is 0.987. The van der Waals surface area contributed by atoms with Gasteiger partial charge in [-0.3, -0.25) is 14.4 Å². The summed E-state index contributed by atoms with van der Waals surface area (Å²) in [5, 5.41) is 23.3. The molecule has 0 aromatic carbocycles. The van der Waals surface area contributed by atoms with E-state index in [2.05, 4.69) is 50.4 Å². The van der Waals surface area contributed by atoms with Gasteiger partial charge >= 0.3 is 17.9 Å². The minimum absolute atomic E-state index is 0.269. The van der Waals surface area contributed by atoms with Gasteiger partial charge in [-0.05, 0) is 0 Å². The van der Waals surface area contributed by atoms with E-state index in [0.717, 1.165) is 0 Å². The SMILES string of the molecule is CC.O=C(O)CN=S.O=C(O)CN=S.O=C(O)CN=S. The van der Waals surface area contributed by atoms with Crippen molar-refractivity contribution in [3.8, 4) is 0 Å². The summed E-state index contributed by atoms with van der Waals surface area (Å²) < 4.78 is 8.76. The van der Waals surface area contributed by atoms with Crippen LogP contribution in [0, 0.1) is 0 Å². The van der Waals surface area contributed by atoms with Crippen molar-refractivity contribution < 1.29 is 29.7 Å². The van der Waals surface area contributed by atoms with Gasteiger partial charge in [-0.1, -0.05) is 13.8 Å². The van der Waals surface area contributed by atoms with Crippen molar-refractivity contribution in [1.82, 2.24) is 0 Å². The fraction of sp³-hybridized carbons (Fsp3) is 0.625. The zero-order chi connectivity index (χ0) is 17.0. The lowest BCUT2D eigenvalue weighted by molar-refractivity contribution is -0.136. The topological polar surface area (TPSA) is 149 Å². The number of rotatable bonds is 6. The van der Waals surface area contributed by atoms with E-state index in [0.29, 0.717) is 0 Å². The van der Waals surface area contributed by atoms with Gasteiger partial charge < -0.3 is 15.3 Å². The molecule has 3 N–H and O–H groups in total. The van der Waals surface area contributed by atoms with Crippen LogP contribution >= 0.6 is 0 Å². The normalized spacial score (nSPS) is 6.90. The largest absolute Gasteiger partial charge is 0.480 e. The molecule has 0 heterocycles. The van der Waals surface area contributed by atoms with Crippen molar-refractivity contribution in [2.24, 2.45) is 13.1 Å². The maximum Gasteiger partial charge on any atom is 0.326 e. The first-order valence-corrected chi connectivity index (χ1v) is 5.94. The van der Waals surface area contributed by atoms with Crippen molar-refractivity contribution in [2.45, 2.75) is 13.8 Å². The highest BCUT2D eigenvalue weighted by molar-refractivity contribution is 7.47. The summed E-state index contributed by atoms with van der Waals surface area (Å²) in [6.07, 6.45) is 0. The third-order valence-electron chi connectivity index (χ3n) is 0.599. The monoisotopic (exact) mass is 345 g/mol. The number of hydrogen-bond acceptors (Lipinski definition) is 9. The summed E-state index contributed by atoms with van der Waals surface area (Å²) in [5.74, 6) is -2.94. The molecule has 0 amide bonds. The molecule has 0 bridgehead atoms. The molecule has 0 radical (unpaired) electrons. The Labute approximate surface area is 131 Å². The van der Waals surface area contributed by atoms with Gasteiger partial charge in [0, 0.05) is 37.3 Å². The number of carbonyl (C=O) groups is 3. The molecular formula is C8H15N3O6S3. The fourth-order valence-electron chi connectivity index (χ4n) is 0.166. The van der Waals surface area contributed by atoms with Crippen molar-refractivity contribution >= 4 is 55.2 Å². The quantitative estimate of drug-likeness (QED) is 0.622. The van der Waals surface area contributed by atoms with E-state index >= 15 is 0 Å². The Kier molecular flexibility index (Phi) is 35.2. The maximum atomic E-state index is 9.44. The maximum absolute atomic E-state index is 9.44. The molecule has 0 spiro atoms. The molecule has 0 saturated heterocycles. The van der Waals surface area contributed by atoms with Crippen LogP contribution in [-0.2, 0) is 51.7 Å². The summed E-state index contributed by atoms with van der Waals surface area (Å²) in [7, 11) is 0. The number of nitrogens with zero attached hydrogens (tertiary/aromatic N) is 3. The van der Waals surface area contributed by atoms with Gasteiger partial charge in [0.05, 0.1) is 0 Å². The highest BCUT2D eigenvalue weighted by atomic mass is 32.1. The van der Waals surface area contributed by atoms with E-state index in [-0.39, 0.29) is 19.6 Å². The Morgan fingerprint density at radius 3 is 0.850 bits per heavy atom. The van der Waals surface area contributed by atoms with Crippen molar-refractivity contribution in [3.05, 3.63) is 0 Å². The molecular weight excluding hydrogens is 330 g/mol. The lowest BCUT2D eigenvalue weighted by Crippen LogP contribution is -1.96. The zero-order valence-corrected chi connectivity index (χ0v) is 13.2. The van der Waals surface area contributed by atoms with Crippen LogP contribution in [0.2, 0.25) is 0 Å². The third kappa shape index (κ3) is 70.6. The number of aliphatic carboxylic acids is 3. The summed E-state index contributed by atoms with van der Waals surface area (Å²) in [6, 6.07) is 0. The van der Waals surface area contributed by atoms with Gasteiger partial charge in [-0.25, -0.2) is 13.1 Å². The highest BCUT2D eigenvalue weighted by Gasteiger charge is 1.87. The van der Waals surface area contributed by atoms with E-state index in [1.54, 1.807) is 0 Å². The van der Waals surface area contributed by atoms with E-state index in [1.165, 1.54) is 0 Å². The van der Waals surface area contributed by atoms with Gasteiger partial charge in [-0.15, -0.1) is 0 Å². The molecule has 0 aliphatic heterocycles. The summed E-state index contributed by atoms with van der Waals surface area (Å²) in [5.41, 5.74) is 0. The molecule has 12 heteroatoms. The smallest absolute Gasteiger partial charge is 0.326 e. The van der Waals surface area contributed by atoms with E-state index in [9.17, 15) is 14.4 Å². The molecule has 0 unspecified atom stereocenters.